The summed E-state index contributed by atoms with van der Waals surface area (Å²) in [5.74, 6) is 0.763. The highest BCUT2D eigenvalue weighted by Crippen LogP contribution is 2.35. The molecule has 0 saturated heterocycles. The lowest BCUT2D eigenvalue weighted by Gasteiger charge is -2.25. The molecule has 0 aliphatic heterocycles. The number of amides is 1. The molecule has 0 unspecified atom stereocenters. The van der Waals surface area contributed by atoms with Crippen LogP contribution in [-0.4, -0.2) is 26.9 Å². The zero-order chi connectivity index (χ0) is 22.0. The smallest absolute Gasteiger partial charge is 0.254 e. The summed E-state index contributed by atoms with van der Waals surface area (Å²) in [6, 6.07) is 12.1. The molecule has 6 heteroatoms. The van der Waals surface area contributed by atoms with Gasteiger partial charge in [0.1, 0.15) is 11.6 Å². The Bertz CT molecular complexity index is 1070. The summed E-state index contributed by atoms with van der Waals surface area (Å²) >= 11 is 6.30. The van der Waals surface area contributed by atoms with Crippen LogP contribution in [0.5, 0.6) is 0 Å². The number of aromatic nitrogens is 2. The van der Waals surface area contributed by atoms with E-state index in [0.717, 1.165) is 36.1 Å². The number of carbonyl (C=O) groups is 1. The molecule has 1 aromatic heterocycles. The van der Waals surface area contributed by atoms with Crippen LogP contribution in [0.4, 0.5) is 4.39 Å². The third-order valence-electron chi connectivity index (χ3n) is 6.08. The van der Waals surface area contributed by atoms with Gasteiger partial charge in [-0.05, 0) is 61.6 Å². The Kier molecular flexibility index (Phi) is 6.61. The highest BCUT2D eigenvalue weighted by molar-refractivity contribution is 6.31. The van der Waals surface area contributed by atoms with Gasteiger partial charge in [0, 0.05) is 23.2 Å². The summed E-state index contributed by atoms with van der Waals surface area (Å²) in [6.45, 7) is 5.27. The van der Waals surface area contributed by atoms with Gasteiger partial charge in [0.15, 0.2) is 0 Å². The fourth-order valence-electron chi connectivity index (χ4n) is 4.44. The van der Waals surface area contributed by atoms with Crippen molar-refractivity contribution < 1.29 is 9.18 Å². The summed E-state index contributed by atoms with van der Waals surface area (Å²) in [5, 5.41) is 0.686. The van der Waals surface area contributed by atoms with E-state index in [1.165, 1.54) is 25.0 Å². The van der Waals surface area contributed by atoms with Crippen LogP contribution in [0.3, 0.4) is 0 Å². The van der Waals surface area contributed by atoms with Gasteiger partial charge >= 0.3 is 0 Å². The fraction of sp³-hybridized carbons (Fsp3) is 0.440. The van der Waals surface area contributed by atoms with Crippen molar-refractivity contribution in [2.45, 2.75) is 58.5 Å². The number of nitrogens with zero attached hydrogens (tertiary/aromatic N) is 3. The quantitative estimate of drug-likeness (QED) is 0.412. The molecular formula is C25H29ClFN3O. The van der Waals surface area contributed by atoms with E-state index in [4.69, 9.17) is 16.6 Å². The third kappa shape index (κ3) is 4.93. The first-order valence-corrected chi connectivity index (χ1v) is 11.5. The molecule has 1 fully saturated rings. The van der Waals surface area contributed by atoms with E-state index in [1.54, 1.807) is 12.1 Å². The summed E-state index contributed by atoms with van der Waals surface area (Å²) in [4.78, 5) is 20.0. The number of imidazole rings is 1. The number of fused-ring (bicyclic) bond motifs is 1. The average molecular weight is 442 g/mol. The lowest BCUT2D eigenvalue weighted by Crippen LogP contribution is -2.33. The van der Waals surface area contributed by atoms with Crippen molar-refractivity contribution in [1.82, 2.24) is 14.5 Å². The van der Waals surface area contributed by atoms with Crippen LogP contribution >= 0.6 is 11.6 Å². The number of rotatable bonds is 7. The van der Waals surface area contributed by atoms with Gasteiger partial charge in [-0.3, -0.25) is 4.79 Å². The van der Waals surface area contributed by atoms with E-state index in [2.05, 4.69) is 18.4 Å². The van der Waals surface area contributed by atoms with Gasteiger partial charge in [-0.2, -0.15) is 0 Å². The van der Waals surface area contributed by atoms with Crippen molar-refractivity contribution in [1.29, 1.82) is 0 Å². The fourth-order valence-corrected chi connectivity index (χ4v) is 4.61. The molecule has 2 aromatic carbocycles. The van der Waals surface area contributed by atoms with Crippen molar-refractivity contribution >= 4 is 28.5 Å². The maximum atomic E-state index is 13.8. The van der Waals surface area contributed by atoms with Crippen molar-refractivity contribution in [2.24, 2.45) is 5.92 Å². The Morgan fingerprint density at radius 3 is 2.71 bits per heavy atom. The largest absolute Gasteiger partial charge is 0.331 e. The van der Waals surface area contributed by atoms with E-state index in [-0.39, 0.29) is 5.91 Å². The van der Waals surface area contributed by atoms with E-state index in [1.807, 2.05) is 23.1 Å². The SMILES string of the molecule is CC(C)CCN(Cc1nc2ccc(Cl)cc2n1C1CCCC1)C(=O)c1cccc(F)c1. The van der Waals surface area contributed by atoms with Gasteiger partial charge in [0.25, 0.3) is 5.91 Å². The van der Waals surface area contributed by atoms with E-state index < -0.39 is 5.82 Å². The molecule has 1 amide bonds. The molecule has 1 heterocycles. The Balaban J connectivity index is 1.71. The standard InChI is InChI=1S/C25H29ClFN3O/c1-17(2)12-13-29(25(31)18-6-5-7-20(27)14-18)16-24-28-22-11-10-19(26)15-23(22)30(24)21-8-3-4-9-21/h5-7,10-11,14-15,17,21H,3-4,8-9,12-13,16H2,1-2H3. The summed E-state index contributed by atoms with van der Waals surface area (Å²) < 4.78 is 16.1. The third-order valence-corrected chi connectivity index (χ3v) is 6.32. The maximum Gasteiger partial charge on any atom is 0.254 e. The van der Waals surface area contributed by atoms with Crippen molar-refractivity contribution in [3.63, 3.8) is 0 Å². The maximum absolute atomic E-state index is 13.8. The molecule has 0 bridgehead atoms. The van der Waals surface area contributed by atoms with Gasteiger partial charge in [0.05, 0.1) is 17.6 Å². The van der Waals surface area contributed by atoms with Crippen LogP contribution < -0.4 is 0 Å². The monoisotopic (exact) mass is 441 g/mol. The van der Waals surface area contributed by atoms with E-state index in [0.29, 0.717) is 35.6 Å². The number of benzene rings is 2. The molecule has 164 valence electrons. The average Bonchev–Trinajstić information content (AvgIpc) is 3.37. The molecule has 0 radical (unpaired) electrons. The minimum absolute atomic E-state index is 0.164. The van der Waals surface area contributed by atoms with Crippen LogP contribution in [0.2, 0.25) is 5.02 Å². The number of halogens is 2. The topological polar surface area (TPSA) is 38.1 Å². The normalized spacial score (nSPS) is 14.6. The zero-order valence-electron chi connectivity index (χ0n) is 18.2. The van der Waals surface area contributed by atoms with Gasteiger partial charge in [-0.15, -0.1) is 0 Å². The molecule has 3 aromatic rings. The number of carbonyl (C=O) groups excluding carboxylic acids is 1. The lowest BCUT2D eigenvalue weighted by molar-refractivity contribution is 0.0728. The van der Waals surface area contributed by atoms with Crippen molar-refractivity contribution in [2.75, 3.05) is 6.54 Å². The van der Waals surface area contributed by atoms with Crippen molar-refractivity contribution in [3.05, 3.63) is 64.7 Å². The van der Waals surface area contributed by atoms with Gasteiger partial charge in [-0.25, -0.2) is 9.37 Å². The second-order valence-electron chi connectivity index (χ2n) is 8.89. The second-order valence-corrected chi connectivity index (χ2v) is 9.33. The predicted octanol–water partition coefficient (Wildman–Crippen LogP) is 6.63. The van der Waals surface area contributed by atoms with Crippen LogP contribution in [0.15, 0.2) is 42.5 Å². The summed E-state index contributed by atoms with van der Waals surface area (Å²) in [6.07, 6.45) is 5.48. The molecular weight excluding hydrogens is 413 g/mol. The Hall–Kier alpha value is -2.40. The highest BCUT2D eigenvalue weighted by atomic mass is 35.5. The molecule has 1 aliphatic rings. The molecule has 0 atom stereocenters. The van der Waals surface area contributed by atoms with Gasteiger partial charge < -0.3 is 9.47 Å². The van der Waals surface area contributed by atoms with Crippen LogP contribution in [0.1, 0.15) is 68.2 Å². The molecule has 1 aliphatic carbocycles. The van der Waals surface area contributed by atoms with E-state index in [9.17, 15) is 9.18 Å². The zero-order valence-corrected chi connectivity index (χ0v) is 18.9. The Morgan fingerprint density at radius 2 is 2.00 bits per heavy atom. The predicted molar refractivity (Wildman–Crippen MR) is 123 cm³/mol. The second kappa shape index (κ2) is 9.39. The summed E-state index contributed by atoms with van der Waals surface area (Å²) in [5.41, 5.74) is 2.29. The van der Waals surface area contributed by atoms with Crippen LogP contribution in [0.25, 0.3) is 11.0 Å². The molecule has 4 rings (SSSR count). The van der Waals surface area contributed by atoms with Gasteiger partial charge in [0.2, 0.25) is 0 Å². The van der Waals surface area contributed by atoms with Gasteiger partial charge in [-0.1, -0.05) is 44.4 Å². The molecule has 0 N–H and O–H groups in total. The van der Waals surface area contributed by atoms with Crippen LogP contribution in [-0.2, 0) is 6.54 Å². The summed E-state index contributed by atoms with van der Waals surface area (Å²) in [7, 11) is 0. The molecule has 4 nitrogen and oxygen atoms in total. The van der Waals surface area contributed by atoms with Crippen LogP contribution in [0, 0.1) is 11.7 Å². The van der Waals surface area contributed by atoms with Crippen molar-refractivity contribution in [3.8, 4) is 0 Å². The number of hydrogen-bond acceptors (Lipinski definition) is 2. The first-order valence-electron chi connectivity index (χ1n) is 11.1. The first-order chi connectivity index (χ1) is 14.9. The minimum atomic E-state index is -0.400. The first kappa shape index (κ1) is 21.8. The molecule has 1 saturated carbocycles. The van der Waals surface area contributed by atoms with E-state index >= 15 is 0 Å². The lowest BCUT2D eigenvalue weighted by atomic mass is 10.1. The molecule has 0 spiro atoms. The molecule has 31 heavy (non-hydrogen) atoms. The Morgan fingerprint density at radius 1 is 1.23 bits per heavy atom. The highest BCUT2D eigenvalue weighted by Gasteiger charge is 2.26. The minimum Gasteiger partial charge on any atom is -0.331 e. The Labute approximate surface area is 188 Å². The number of hydrogen-bond donors (Lipinski definition) is 0.